The van der Waals surface area contributed by atoms with E-state index in [0.29, 0.717) is 18.4 Å². The number of benzene rings is 1. The van der Waals surface area contributed by atoms with Gasteiger partial charge >= 0.3 is 6.18 Å². The van der Waals surface area contributed by atoms with E-state index in [2.05, 4.69) is 5.32 Å². The summed E-state index contributed by atoms with van der Waals surface area (Å²) in [5.41, 5.74) is 5.05. The van der Waals surface area contributed by atoms with E-state index in [1.54, 1.807) is 6.07 Å². The van der Waals surface area contributed by atoms with Gasteiger partial charge in [0.05, 0.1) is 12.2 Å². The molecule has 0 aliphatic rings. The predicted molar refractivity (Wildman–Crippen MR) is 73.0 cm³/mol. The molecule has 0 aliphatic carbocycles. The quantitative estimate of drug-likeness (QED) is 0.758. The average Bonchev–Trinajstić information content (AvgIpc) is 2.43. The molecule has 0 radical (unpaired) electrons. The first-order valence-corrected chi connectivity index (χ1v) is 6.62. The third-order valence-electron chi connectivity index (χ3n) is 2.87. The van der Waals surface area contributed by atoms with E-state index in [1.807, 2.05) is 0 Å². The molecule has 118 valence electrons. The van der Waals surface area contributed by atoms with Crippen molar-refractivity contribution in [2.75, 3.05) is 20.2 Å². The summed E-state index contributed by atoms with van der Waals surface area (Å²) in [6.07, 6.45) is -3.55. The molecule has 0 aliphatic heterocycles. The summed E-state index contributed by atoms with van der Waals surface area (Å²) in [5.74, 6) is -0.395. The average molecular weight is 304 g/mol. The van der Waals surface area contributed by atoms with Crippen LogP contribution in [-0.2, 0) is 17.4 Å². The van der Waals surface area contributed by atoms with E-state index in [0.717, 1.165) is 6.07 Å². The normalized spacial score (nSPS) is 11.3. The Hall–Kier alpha value is -1.76. The summed E-state index contributed by atoms with van der Waals surface area (Å²) >= 11 is 0. The number of nitrogens with two attached hydrogens (primary N) is 1. The summed E-state index contributed by atoms with van der Waals surface area (Å²) in [7, 11) is 1.50. The number of nitrogens with one attached hydrogen (secondary N) is 1. The van der Waals surface area contributed by atoms with Crippen LogP contribution in [0.5, 0.6) is 5.75 Å². The van der Waals surface area contributed by atoms with Crippen LogP contribution in [0, 0.1) is 0 Å². The lowest BCUT2D eigenvalue weighted by molar-refractivity contribution is -0.139. The largest absolute Gasteiger partial charge is 0.493 e. The summed E-state index contributed by atoms with van der Waals surface area (Å²) < 4.78 is 44.1. The zero-order valence-corrected chi connectivity index (χ0v) is 11.8. The van der Waals surface area contributed by atoms with Gasteiger partial charge in [-0.25, -0.2) is 0 Å². The van der Waals surface area contributed by atoms with Gasteiger partial charge in [0.2, 0.25) is 5.91 Å². The fourth-order valence-electron chi connectivity index (χ4n) is 1.79. The molecule has 0 unspecified atom stereocenters. The van der Waals surface area contributed by atoms with Crippen molar-refractivity contribution >= 4 is 5.91 Å². The third kappa shape index (κ3) is 5.63. The molecule has 0 aromatic heterocycles. The molecule has 1 amide bonds. The predicted octanol–water partition coefficient (Wildman–Crippen LogP) is 2.11. The molecule has 4 nitrogen and oxygen atoms in total. The van der Waals surface area contributed by atoms with Gasteiger partial charge in [0.15, 0.2) is 0 Å². The Morgan fingerprint density at radius 3 is 2.67 bits per heavy atom. The van der Waals surface area contributed by atoms with Gasteiger partial charge in [-0.2, -0.15) is 13.2 Å². The molecule has 0 spiro atoms. The molecule has 0 saturated heterocycles. The zero-order valence-electron chi connectivity index (χ0n) is 11.8. The summed E-state index contributed by atoms with van der Waals surface area (Å²) in [4.78, 5) is 11.0. The van der Waals surface area contributed by atoms with Crippen LogP contribution in [0.1, 0.15) is 24.0 Å². The van der Waals surface area contributed by atoms with Crippen molar-refractivity contribution in [3.8, 4) is 5.75 Å². The zero-order chi connectivity index (χ0) is 15.9. The van der Waals surface area contributed by atoms with Gasteiger partial charge in [-0.05, 0) is 37.1 Å². The highest BCUT2D eigenvalue weighted by molar-refractivity contribution is 5.75. The first kappa shape index (κ1) is 17.3. The van der Waals surface area contributed by atoms with Crippen LogP contribution in [0.2, 0.25) is 0 Å². The van der Waals surface area contributed by atoms with Gasteiger partial charge in [-0.3, -0.25) is 4.79 Å². The Morgan fingerprint density at radius 2 is 2.10 bits per heavy atom. The van der Waals surface area contributed by atoms with Crippen LogP contribution in [0.4, 0.5) is 13.2 Å². The highest BCUT2D eigenvalue weighted by Gasteiger charge is 2.34. The number of hydrogen-bond acceptors (Lipinski definition) is 3. The molecule has 1 rings (SSSR count). The fourth-order valence-corrected chi connectivity index (χ4v) is 1.79. The Bertz CT molecular complexity index is 476. The molecule has 21 heavy (non-hydrogen) atoms. The second-order valence-electron chi connectivity index (χ2n) is 4.49. The first-order valence-electron chi connectivity index (χ1n) is 6.62. The minimum Gasteiger partial charge on any atom is -0.493 e. The number of hydrogen-bond donors (Lipinski definition) is 2. The van der Waals surface area contributed by atoms with Gasteiger partial charge < -0.3 is 15.8 Å². The van der Waals surface area contributed by atoms with E-state index >= 15 is 0 Å². The second-order valence-corrected chi connectivity index (χ2v) is 4.49. The van der Waals surface area contributed by atoms with Crippen molar-refractivity contribution in [3.63, 3.8) is 0 Å². The molecule has 1 aromatic carbocycles. The Labute approximate surface area is 121 Å². The van der Waals surface area contributed by atoms with Gasteiger partial charge in [0.1, 0.15) is 5.75 Å². The van der Waals surface area contributed by atoms with Gasteiger partial charge in [-0.1, -0.05) is 6.07 Å². The van der Waals surface area contributed by atoms with Crippen LogP contribution in [0.25, 0.3) is 0 Å². The van der Waals surface area contributed by atoms with Crippen LogP contribution in [0.15, 0.2) is 18.2 Å². The number of rotatable bonds is 7. The minimum absolute atomic E-state index is 0.0483. The molecule has 1 aromatic rings. The van der Waals surface area contributed by atoms with Crippen molar-refractivity contribution < 1.29 is 22.7 Å². The maximum absolute atomic E-state index is 13.0. The van der Waals surface area contributed by atoms with Crippen molar-refractivity contribution in [3.05, 3.63) is 29.3 Å². The molecule has 0 saturated carbocycles. The highest BCUT2D eigenvalue weighted by atomic mass is 19.4. The Kier molecular flexibility index (Phi) is 6.48. The summed E-state index contributed by atoms with van der Waals surface area (Å²) in [6.45, 7) is 0.330. The molecule has 3 N–H and O–H groups in total. The highest BCUT2D eigenvalue weighted by Crippen LogP contribution is 2.37. The van der Waals surface area contributed by atoms with Gasteiger partial charge in [0, 0.05) is 13.5 Å². The van der Waals surface area contributed by atoms with Crippen LogP contribution in [-0.4, -0.2) is 26.1 Å². The number of carbonyl (C=O) groups excluding carboxylic acids is 1. The maximum atomic E-state index is 13.0. The van der Waals surface area contributed by atoms with Crippen molar-refractivity contribution in [2.45, 2.75) is 25.4 Å². The van der Waals surface area contributed by atoms with Gasteiger partial charge in [0.25, 0.3) is 0 Å². The Morgan fingerprint density at radius 1 is 1.38 bits per heavy atom. The number of amides is 1. The molecule has 0 heterocycles. The van der Waals surface area contributed by atoms with E-state index < -0.39 is 11.7 Å². The molecular weight excluding hydrogens is 285 g/mol. The van der Waals surface area contributed by atoms with Crippen LogP contribution < -0.4 is 15.8 Å². The van der Waals surface area contributed by atoms with E-state index in [1.165, 1.54) is 13.1 Å². The fraction of sp³-hybridized carbons (Fsp3) is 0.500. The van der Waals surface area contributed by atoms with E-state index in [4.69, 9.17) is 10.5 Å². The molecule has 7 heteroatoms. The van der Waals surface area contributed by atoms with Gasteiger partial charge in [-0.15, -0.1) is 0 Å². The summed E-state index contributed by atoms with van der Waals surface area (Å²) in [6, 6.07) is 3.92. The summed E-state index contributed by atoms with van der Waals surface area (Å²) in [5, 5.41) is 2.43. The molecule has 0 fully saturated rings. The van der Waals surface area contributed by atoms with Crippen molar-refractivity contribution in [1.82, 2.24) is 5.32 Å². The second kappa shape index (κ2) is 7.87. The van der Waals surface area contributed by atoms with E-state index in [-0.39, 0.29) is 31.2 Å². The lowest BCUT2D eigenvalue weighted by Crippen LogP contribution is -2.18. The van der Waals surface area contributed by atoms with Crippen molar-refractivity contribution in [1.29, 1.82) is 0 Å². The number of ether oxygens (including phenoxy) is 1. The Balaban J connectivity index is 2.74. The standard InChI is InChI=1S/C14H19F3N2O2/c1-19-13(20)3-2-8-21-12-5-4-10(6-7-18)9-11(12)14(15,16)17/h4-5,9H,2-3,6-8,18H2,1H3,(H,19,20). The molecular formula is C14H19F3N2O2. The third-order valence-corrected chi connectivity index (χ3v) is 2.87. The topological polar surface area (TPSA) is 64.3 Å². The SMILES string of the molecule is CNC(=O)CCCOc1ccc(CCN)cc1C(F)(F)F. The monoisotopic (exact) mass is 304 g/mol. The first-order chi connectivity index (χ1) is 9.88. The smallest absolute Gasteiger partial charge is 0.419 e. The lowest BCUT2D eigenvalue weighted by Gasteiger charge is -2.15. The van der Waals surface area contributed by atoms with E-state index in [9.17, 15) is 18.0 Å². The number of alkyl halides is 3. The number of halogens is 3. The van der Waals surface area contributed by atoms with Crippen LogP contribution >= 0.6 is 0 Å². The lowest BCUT2D eigenvalue weighted by atomic mass is 10.1. The molecule has 0 bridgehead atoms. The maximum Gasteiger partial charge on any atom is 0.419 e. The molecule has 0 atom stereocenters. The van der Waals surface area contributed by atoms with Crippen molar-refractivity contribution in [2.24, 2.45) is 5.73 Å². The van der Waals surface area contributed by atoms with Crippen LogP contribution in [0.3, 0.4) is 0 Å². The number of carbonyl (C=O) groups is 1. The minimum atomic E-state index is -4.49.